The van der Waals surface area contributed by atoms with Gasteiger partial charge in [0, 0.05) is 32.3 Å². The fourth-order valence-corrected chi connectivity index (χ4v) is 7.97. The van der Waals surface area contributed by atoms with Gasteiger partial charge in [-0.15, -0.1) is 0 Å². The van der Waals surface area contributed by atoms with E-state index in [0.717, 1.165) is 65.4 Å². The highest BCUT2D eigenvalue weighted by Crippen LogP contribution is 2.34. The molecular weight excluding hydrogens is 645 g/mol. The van der Waals surface area contributed by atoms with Gasteiger partial charge < -0.3 is 0 Å². The van der Waals surface area contributed by atoms with E-state index in [9.17, 15) is 0 Å². The van der Waals surface area contributed by atoms with Crippen molar-refractivity contribution in [3.8, 4) is 0 Å². The van der Waals surface area contributed by atoms with Crippen LogP contribution in [0.3, 0.4) is 0 Å². The lowest BCUT2D eigenvalue weighted by Gasteiger charge is -2.30. The molecule has 6 heterocycles. The molecule has 3 aliphatic rings. The minimum absolute atomic E-state index is 0.387. The van der Waals surface area contributed by atoms with Gasteiger partial charge >= 0.3 is 0 Å². The molecule has 3 aliphatic heterocycles. The molecule has 9 aromatic rings. The SMILES string of the molecule is c1ccc2c(c1)c1ccccc1n2C1=NC2=NC(n3c4ccccc4c4ccccc43)=NC3=NC(n4c5ccccc5c5ccccc54)=NC(=N1)N23. The Hall–Kier alpha value is -7.46. The molecule has 12 rings (SSSR count). The molecule has 10 nitrogen and oxygen atoms in total. The van der Waals surface area contributed by atoms with Crippen LogP contribution < -0.4 is 0 Å². The van der Waals surface area contributed by atoms with Gasteiger partial charge in [0.1, 0.15) is 0 Å². The van der Waals surface area contributed by atoms with Crippen LogP contribution in [0, 0.1) is 0 Å². The number of benzene rings is 6. The number of aromatic nitrogens is 3. The largest absolute Gasteiger partial charge is 0.278 e. The second-order valence-electron chi connectivity index (χ2n) is 12.9. The van der Waals surface area contributed by atoms with Gasteiger partial charge in [0.15, 0.2) is 0 Å². The van der Waals surface area contributed by atoms with E-state index in [1.807, 2.05) is 36.4 Å². The summed E-state index contributed by atoms with van der Waals surface area (Å²) in [5.41, 5.74) is 5.94. The average Bonchev–Trinajstić information content (AvgIpc) is 3.84. The van der Waals surface area contributed by atoms with Gasteiger partial charge in [-0.25, -0.2) is 4.90 Å². The Labute approximate surface area is 294 Å². The third kappa shape index (κ3) is 3.61. The van der Waals surface area contributed by atoms with Crippen LogP contribution in [0.5, 0.6) is 0 Å². The molecule has 6 aromatic carbocycles. The van der Waals surface area contributed by atoms with E-state index in [2.05, 4.69) is 123 Å². The summed E-state index contributed by atoms with van der Waals surface area (Å²) in [4.78, 5) is 32.7. The minimum atomic E-state index is 0.387. The zero-order valence-corrected chi connectivity index (χ0v) is 27.3. The summed E-state index contributed by atoms with van der Waals surface area (Å²) >= 11 is 0. The molecule has 0 atom stereocenters. The first-order valence-electron chi connectivity index (χ1n) is 17.1. The second-order valence-corrected chi connectivity index (χ2v) is 12.9. The van der Waals surface area contributed by atoms with Crippen molar-refractivity contribution in [2.45, 2.75) is 0 Å². The molecule has 0 spiro atoms. The van der Waals surface area contributed by atoms with Gasteiger partial charge in [-0.1, -0.05) is 109 Å². The zero-order valence-electron chi connectivity index (χ0n) is 27.3. The maximum atomic E-state index is 5.15. The Morgan fingerprint density at radius 2 is 0.423 bits per heavy atom. The summed E-state index contributed by atoms with van der Waals surface area (Å²) in [6.45, 7) is 0. The van der Waals surface area contributed by atoms with E-state index < -0.39 is 0 Å². The average molecular weight is 669 g/mol. The van der Waals surface area contributed by atoms with Crippen molar-refractivity contribution in [1.29, 1.82) is 0 Å². The molecule has 52 heavy (non-hydrogen) atoms. The first kappa shape index (κ1) is 27.4. The van der Waals surface area contributed by atoms with Crippen LogP contribution in [-0.2, 0) is 0 Å². The summed E-state index contributed by atoms with van der Waals surface area (Å²) in [6, 6.07) is 49.9. The summed E-state index contributed by atoms with van der Waals surface area (Å²) in [7, 11) is 0. The normalized spacial score (nSPS) is 15.6. The molecule has 10 heteroatoms. The molecule has 0 aliphatic carbocycles. The number of para-hydroxylation sites is 6. The van der Waals surface area contributed by atoms with Crippen LogP contribution in [0.1, 0.15) is 0 Å². The maximum absolute atomic E-state index is 5.15. The number of nitrogens with zero attached hydrogens (tertiary/aromatic N) is 10. The summed E-state index contributed by atoms with van der Waals surface area (Å²) < 4.78 is 6.26. The number of hydrogen-bond acceptors (Lipinski definition) is 7. The summed E-state index contributed by atoms with van der Waals surface area (Å²) in [5.74, 6) is 2.53. The highest BCUT2D eigenvalue weighted by molar-refractivity contribution is 6.33. The van der Waals surface area contributed by atoms with E-state index in [0.29, 0.717) is 35.8 Å². The quantitative estimate of drug-likeness (QED) is 0.159. The van der Waals surface area contributed by atoms with E-state index in [1.165, 1.54) is 0 Å². The van der Waals surface area contributed by atoms with E-state index in [-0.39, 0.29) is 0 Å². The second kappa shape index (κ2) is 10.1. The lowest BCUT2D eigenvalue weighted by atomic mass is 10.2. The molecule has 0 amide bonds. The fourth-order valence-electron chi connectivity index (χ4n) is 7.97. The molecule has 0 bridgehead atoms. The number of aliphatic imine (C=N–C) groups is 6. The Morgan fingerprint density at radius 1 is 0.231 bits per heavy atom. The van der Waals surface area contributed by atoms with Crippen molar-refractivity contribution < 1.29 is 0 Å². The van der Waals surface area contributed by atoms with Crippen molar-refractivity contribution in [2.24, 2.45) is 30.0 Å². The highest BCUT2D eigenvalue weighted by atomic mass is 15.5. The molecule has 0 fully saturated rings. The van der Waals surface area contributed by atoms with Crippen LogP contribution in [0.15, 0.2) is 176 Å². The predicted molar refractivity (Wildman–Crippen MR) is 211 cm³/mol. The molecule has 0 N–H and O–H groups in total. The van der Waals surface area contributed by atoms with Crippen molar-refractivity contribution in [2.75, 3.05) is 0 Å². The van der Waals surface area contributed by atoms with Gasteiger partial charge in [-0.2, -0.15) is 30.0 Å². The first-order chi connectivity index (χ1) is 25.8. The monoisotopic (exact) mass is 668 g/mol. The number of hydrogen-bond donors (Lipinski definition) is 0. The smallest absolute Gasteiger partial charge is 0.246 e. The molecule has 0 saturated heterocycles. The first-order valence-corrected chi connectivity index (χ1v) is 17.1. The van der Waals surface area contributed by atoms with Crippen molar-refractivity contribution in [3.05, 3.63) is 146 Å². The van der Waals surface area contributed by atoms with E-state index in [1.54, 1.807) is 4.90 Å². The summed E-state index contributed by atoms with van der Waals surface area (Å²) in [6.07, 6.45) is 0. The van der Waals surface area contributed by atoms with Crippen LogP contribution >= 0.6 is 0 Å². The number of guanidine groups is 3. The molecule has 3 aromatic heterocycles. The standard InChI is InChI=1S/C42H24N10/c1-7-19-31-25(13-1)26-14-2-8-20-32(26)49(31)37-43-40-45-38(50-33-21-9-3-15-27(33)28-16-4-10-22-34(28)50)47-42-48-39(46-41(44-37)52(40)42)51-35-23-11-5-17-29(35)30-18-6-12-24-36(30)51/h1-24H. The Kier molecular flexibility index (Phi) is 5.29. The van der Waals surface area contributed by atoms with Crippen molar-refractivity contribution >= 4 is 101 Å². The van der Waals surface area contributed by atoms with Crippen LogP contribution in [0.4, 0.5) is 0 Å². The lowest BCUT2D eigenvalue weighted by Crippen LogP contribution is -2.49. The highest BCUT2D eigenvalue weighted by Gasteiger charge is 2.37. The number of fused-ring (bicyclic) bond motifs is 9. The molecule has 0 unspecified atom stereocenters. The van der Waals surface area contributed by atoms with Gasteiger partial charge in [-0.05, 0) is 36.4 Å². The van der Waals surface area contributed by atoms with Gasteiger partial charge in [0.25, 0.3) is 0 Å². The third-order valence-electron chi connectivity index (χ3n) is 10.1. The van der Waals surface area contributed by atoms with E-state index >= 15 is 0 Å². The molecule has 0 radical (unpaired) electrons. The van der Waals surface area contributed by atoms with Crippen molar-refractivity contribution in [1.82, 2.24) is 18.6 Å². The topological polar surface area (TPSA) is 92.2 Å². The van der Waals surface area contributed by atoms with Gasteiger partial charge in [-0.3, -0.25) is 13.7 Å². The third-order valence-corrected chi connectivity index (χ3v) is 10.1. The molecule has 0 saturated carbocycles. The van der Waals surface area contributed by atoms with Crippen molar-refractivity contribution in [3.63, 3.8) is 0 Å². The maximum Gasteiger partial charge on any atom is 0.246 e. The minimum Gasteiger partial charge on any atom is -0.278 e. The zero-order chi connectivity index (χ0) is 33.9. The van der Waals surface area contributed by atoms with Crippen LogP contribution in [0.2, 0.25) is 0 Å². The summed E-state index contributed by atoms with van der Waals surface area (Å²) in [5, 5.41) is 6.68. The lowest BCUT2D eigenvalue weighted by molar-refractivity contribution is 0.814. The molecular formula is C42H24N10. The fraction of sp³-hybridized carbons (Fsp3) is 0. The van der Waals surface area contributed by atoms with Gasteiger partial charge in [0.05, 0.1) is 33.1 Å². The molecule has 242 valence electrons. The van der Waals surface area contributed by atoms with Gasteiger partial charge in [0.2, 0.25) is 35.8 Å². The van der Waals surface area contributed by atoms with Crippen LogP contribution in [0.25, 0.3) is 65.4 Å². The Bertz CT molecular complexity index is 2750. The predicted octanol–water partition coefficient (Wildman–Crippen LogP) is 8.43. The Balaban J connectivity index is 1.17. The van der Waals surface area contributed by atoms with Crippen LogP contribution in [-0.4, -0.2) is 54.4 Å². The Morgan fingerprint density at radius 3 is 0.654 bits per heavy atom. The number of rotatable bonds is 0. The van der Waals surface area contributed by atoms with E-state index in [4.69, 9.17) is 30.0 Å².